The zero-order valence-electron chi connectivity index (χ0n) is 8.95. The molecule has 0 aliphatic heterocycles. The largest absolute Gasteiger partial charge is 0.292 e. The van der Waals surface area contributed by atoms with E-state index >= 15 is 0 Å². The van der Waals surface area contributed by atoms with E-state index in [2.05, 4.69) is 15.9 Å². The first kappa shape index (κ1) is 13.5. The van der Waals surface area contributed by atoms with Gasteiger partial charge in [-0.05, 0) is 30.7 Å². The maximum absolute atomic E-state index is 11.7. The van der Waals surface area contributed by atoms with Crippen molar-refractivity contribution in [3.8, 4) is 0 Å². The highest BCUT2D eigenvalue weighted by molar-refractivity contribution is 9.10. The van der Waals surface area contributed by atoms with Crippen LogP contribution in [0.2, 0.25) is 0 Å². The lowest BCUT2D eigenvalue weighted by Gasteiger charge is -2.12. The van der Waals surface area contributed by atoms with E-state index in [1.165, 1.54) is 0 Å². The number of hydrogen-bond acceptors (Lipinski definition) is 2. The minimum Gasteiger partial charge on any atom is -0.265 e. The number of carbonyl (C=O) groups is 1. The van der Waals surface area contributed by atoms with Crippen LogP contribution in [0.4, 0.5) is 0 Å². The number of nitrogens with zero attached hydrogens (tertiary/aromatic N) is 1. The number of unbranched alkanes of at least 4 members (excludes halogenated alkanes) is 1. The van der Waals surface area contributed by atoms with Gasteiger partial charge < -0.3 is 0 Å². The van der Waals surface area contributed by atoms with E-state index in [9.17, 15) is 4.79 Å². The molecule has 0 aliphatic rings. The highest BCUT2D eigenvalue weighted by atomic mass is 79.9. The molecule has 0 radical (unpaired) electrons. The van der Waals surface area contributed by atoms with Gasteiger partial charge in [-0.1, -0.05) is 29.3 Å². The summed E-state index contributed by atoms with van der Waals surface area (Å²) in [5.74, 6) is -0.356. The fourth-order valence-electron chi connectivity index (χ4n) is 1.04. The Morgan fingerprint density at radius 2 is 2.06 bits per heavy atom. The maximum atomic E-state index is 11.7. The molecule has 1 aromatic rings. The molecule has 0 aromatic heterocycles. The summed E-state index contributed by atoms with van der Waals surface area (Å²) in [6.07, 6.45) is 1.87. The summed E-state index contributed by atoms with van der Waals surface area (Å²) in [6.45, 7) is 2.49. The van der Waals surface area contributed by atoms with Gasteiger partial charge in [-0.15, -0.1) is 4.58 Å². The van der Waals surface area contributed by atoms with Crippen LogP contribution in [0.3, 0.4) is 0 Å². The van der Waals surface area contributed by atoms with Gasteiger partial charge in [0.05, 0.1) is 6.61 Å². The van der Waals surface area contributed by atoms with E-state index in [0.29, 0.717) is 12.2 Å². The second-order valence-corrected chi connectivity index (χ2v) is 4.47. The molecule has 0 saturated heterocycles. The number of amides is 1. The Morgan fingerprint density at radius 1 is 1.44 bits per heavy atom. The van der Waals surface area contributed by atoms with Crippen molar-refractivity contribution >= 4 is 33.6 Å². The lowest BCUT2D eigenvalue weighted by molar-refractivity contribution is -0.0596. The molecule has 0 bridgehead atoms. The summed E-state index contributed by atoms with van der Waals surface area (Å²) in [7, 11) is 0. The van der Waals surface area contributed by atoms with Gasteiger partial charge in [-0.3, -0.25) is 9.63 Å². The quantitative estimate of drug-likeness (QED) is 0.471. The number of carbonyl (C=O) groups excluding carboxylic acids is 1. The Morgan fingerprint density at radius 3 is 2.62 bits per heavy atom. The minimum atomic E-state index is -0.356. The Balaban J connectivity index is 2.53. The van der Waals surface area contributed by atoms with Crippen molar-refractivity contribution < 1.29 is 9.63 Å². The van der Waals surface area contributed by atoms with Crippen LogP contribution < -0.4 is 0 Å². The molecule has 3 nitrogen and oxygen atoms in total. The molecule has 0 N–H and O–H groups in total. The third kappa shape index (κ3) is 4.12. The summed E-state index contributed by atoms with van der Waals surface area (Å²) in [6, 6.07) is 6.93. The first-order valence-corrected chi connectivity index (χ1v) is 6.17. The van der Waals surface area contributed by atoms with E-state index < -0.39 is 0 Å². The summed E-state index contributed by atoms with van der Waals surface area (Å²) in [5, 5.41) is 0. The molecule has 5 heteroatoms. The van der Waals surface area contributed by atoms with Gasteiger partial charge in [0, 0.05) is 21.8 Å². The van der Waals surface area contributed by atoms with Gasteiger partial charge >= 0.3 is 0 Å². The molecule has 0 atom stereocenters. The Hall–Kier alpha value is -0.580. The zero-order valence-corrected chi connectivity index (χ0v) is 11.3. The lowest BCUT2D eigenvalue weighted by atomic mass is 10.2. The van der Waals surface area contributed by atoms with Crippen molar-refractivity contribution in [2.24, 2.45) is 0 Å². The van der Waals surface area contributed by atoms with Crippen molar-refractivity contribution in [3.63, 3.8) is 0 Å². The van der Waals surface area contributed by atoms with Crippen LogP contribution in [-0.4, -0.2) is 17.1 Å². The molecule has 1 aromatic carbocycles. The molecule has 88 valence electrons. The number of benzene rings is 1. The molecule has 0 fully saturated rings. The first-order chi connectivity index (χ1) is 7.65. The van der Waals surface area contributed by atoms with Crippen molar-refractivity contribution in [3.05, 3.63) is 34.3 Å². The van der Waals surface area contributed by atoms with Crippen LogP contribution in [0.5, 0.6) is 0 Å². The highest BCUT2D eigenvalue weighted by Gasteiger charge is 2.14. The van der Waals surface area contributed by atoms with E-state index in [0.717, 1.165) is 21.9 Å². The van der Waals surface area contributed by atoms with E-state index in [4.69, 9.17) is 16.6 Å². The molecule has 1 rings (SSSR count). The minimum absolute atomic E-state index is 0.356. The summed E-state index contributed by atoms with van der Waals surface area (Å²) in [5.41, 5.74) is 0.495. The van der Waals surface area contributed by atoms with Gasteiger partial charge in [0.1, 0.15) is 0 Å². The summed E-state index contributed by atoms with van der Waals surface area (Å²) >= 11 is 8.98. The molecular weight excluding hydrogens is 293 g/mol. The summed E-state index contributed by atoms with van der Waals surface area (Å²) in [4.78, 5) is 16.8. The Kier molecular flexibility index (Phi) is 5.80. The average molecular weight is 307 g/mol. The fraction of sp³-hybridized carbons (Fsp3) is 0.364. The third-order valence-corrected chi connectivity index (χ3v) is 2.73. The SMILES string of the molecule is CCCCON(Cl)C(=O)c1ccc(Br)cc1. The van der Waals surface area contributed by atoms with Crippen molar-refractivity contribution in [1.29, 1.82) is 0 Å². The average Bonchev–Trinajstić information content (AvgIpc) is 2.29. The number of hydroxylamine groups is 1. The predicted molar refractivity (Wildman–Crippen MR) is 67.0 cm³/mol. The van der Waals surface area contributed by atoms with Crippen LogP contribution in [0.15, 0.2) is 28.7 Å². The molecule has 0 saturated carbocycles. The predicted octanol–water partition coefficient (Wildman–Crippen LogP) is 3.78. The first-order valence-electron chi connectivity index (χ1n) is 5.04. The van der Waals surface area contributed by atoms with E-state index in [1.54, 1.807) is 24.3 Å². The smallest absolute Gasteiger partial charge is 0.265 e. The van der Waals surface area contributed by atoms with Crippen LogP contribution in [0.1, 0.15) is 30.1 Å². The molecule has 16 heavy (non-hydrogen) atoms. The van der Waals surface area contributed by atoms with E-state index in [1.807, 2.05) is 6.92 Å². The Bertz CT molecular complexity index is 342. The van der Waals surface area contributed by atoms with Crippen LogP contribution in [0, 0.1) is 0 Å². The molecule has 1 amide bonds. The van der Waals surface area contributed by atoms with Crippen LogP contribution >= 0.6 is 27.7 Å². The monoisotopic (exact) mass is 305 g/mol. The summed E-state index contributed by atoms with van der Waals surface area (Å²) < 4.78 is 1.68. The normalized spacial score (nSPS) is 10.2. The number of rotatable bonds is 5. The van der Waals surface area contributed by atoms with Crippen LogP contribution in [-0.2, 0) is 4.84 Å². The molecular formula is C11H13BrClNO2. The standard InChI is InChI=1S/C11H13BrClNO2/c1-2-3-8-16-14(13)11(15)9-4-6-10(12)7-5-9/h4-7H,2-3,8H2,1H3. The highest BCUT2D eigenvalue weighted by Crippen LogP contribution is 2.13. The maximum Gasteiger partial charge on any atom is 0.292 e. The molecule has 0 unspecified atom stereocenters. The second-order valence-electron chi connectivity index (χ2n) is 3.24. The third-order valence-electron chi connectivity index (χ3n) is 1.95. The fourth-order valence-corrected chi connectivity index (χ4v) is 1.47. The molecule has 0 spiro atoms. The van der Waals surface area contributed by atoms with Gasteiger partial charge in [0.25, 0.3) is 5.91 Å². The van der Waals surface area contributed by atoms with Gasteiger partial charge in [0.2, 0.25) is 0 Å². The van der Waals surface area contributed by atoms with Crippen molar-refractivity contribution in [2.75, 3.05) is 6.61 Å². The van der Waals surface area contributed by atoms with Crippen LogP contribution in [0.25, 0.3) is 0 Å². The van der Waals surface area contributed by atoms with Gasteiger partial charge in [-0.2, -0.15) is 0 Å². The Labute approximate surface area is 109 Å². The van der Waals surface area contributed by atoms with Crippen molar-refractivity contribution in [1.82, 2.24) is 4.58 Å². The number of hydrogen-bond donors (Lipinski definition) is 0. The zero-order chi connectivity index (χ0) is 12.0. The molecule has 0 heterocycles. The van der Waals surface area contributed by atoms with Gasteiger partial charge in [-0.25, -0.2) is 0 Å². The number of halogens is 2. The van der Waals surface area contributed by atoms with Gasteiger partial charge in [0.15, 0.2) is 0 Å². The topological polar surface area (TPSA) is 29.5 Å². The van der Waals surface area contributed by atoms with Crippen molar-refractivity contribution in [2.45, 2.75) is 19.8 Å². The lowest BCUT2D eigenvalue weighted by Crippen LogP contribution is -2.22. The molecule has 0 aliphatic carbocycles. The van der Waals surface area contributed by atoms with E-state index in [-0.39, 0.29) is 5.91 Å². The second kappa shape index (κ2) is 6.89.